The molecule has 4 heteroatoms. The number of rotatable bonds is 18. The summed E-state index contributed by atoms with van der Waals surface area (Å²) < 4.78 is 5.57. The van der Waals surface area contributed by atoms with Crippen molar-refractivity contribution < 1.29 is 19.4 Å². The van der Waals surface area contributed by atoms with Crippen LogP contribution in [0.4, 0.5) is 0 Å². The first-order chi connectivity index (χ1) is 17.8. The van der Waals surface area contributed by atoms with Crippen LogP contribution in [-0.4, -0.2) is 18.5 Å². The molecule has 37 heavy (non-hydrogen) atoms. The highest BCUT2D eigenvalue weighted by Gasteiger charge is 2.34. The zero-order valence-corrected chi connectivity index (χ0v) is 23.4. The van der Waals surface area contributed by atoms with Crippen molar-refractivity contribution >= 4 is 11.9 Å². The number of ether oxygens (including phenoxy) is 1. The van der Waals surface area contributed by atoms with E-state index in [0.29, 0.717) is 19.4 Å². The number of hydrogen-bond donors (Lipinski definition) is 0. The van der Waals surface area contributed by atoms with Crippen LogP contribution in [-0.2, 0) is 19.7 Å². The molecule has 0 heterocycles. The van der Waals surface area contributed by atoms with Crippen LogP contribution in [0, 0.1) is 11.8 Å². The molecule has 4 nitrogen and oxygen atoms in total. The van der Waals surface area contributed by atoms with Gasteiger partial charge in [-0.05, 0) is 54.6 Å². The fourth-order valence-corrected chi connectivity index (χ4v) is 5.49. The number of carboxylic acids is 1. The predicted molar refractivity (Wildman–Crippen MR) is 149 cm³/mol. The molecule has 0 aliphatic carbocycles. The Morgan fingerprint density at radius 3 is 2.03 bits per heavy atom. The van der Waals surface area contributed by atoms with E-state index in [4.69, 9.17) is 4.74 Å². The van der Waals surface area contributed by atoms with E-state index in [-0.39, 0.29) is 23.7 Å². The molecular weight excluding hydrogens is 460 g/mol. The lowest BCUT2D eigenvalue weighted by molar-refractivity contribution is -0.312. The van der Waals surface area contributed by atoms with Crippen molar-refractivity contribution in [3.05, 3.63) is 71.8 Å². The Morgan fingerprint density at radius 1 is 0.838 bits per heavy atom. The molecule has 0 aliphatic heterocycles. The summed E-state index contributed by atoms with van der Waals surface area (Å²) >= 11 is 0. The van der Waals surface area contributed by atoms with E-state index in [2.05, 4.69) is 45.0 Å². The highest BCUT2D eigenvalue weighted by Crippen LogP contribution is 2.41. The molecular formula is C33H47O4-. The van der Waals surface area contributed by atoms with Gasteiger partial charge in [-0.2, -0.15) is 0 Å². The minimum absolute atomic E-state index is 0.246. The number of carboxylic acid groups (broad SMARTS) is 1. The lowest BCUT2D eigenvalue weighted by Gasteiger charge is -2.37. The topological polar surface area (TPSA) is 66.4 Å². The monoisotopic (exact) mass is 507 g/mol. The first kappa shape index (κ1) is 30.6. The van der Waals surface area contributed by atoms with Gasteiger partial charge in [0.05, 0.1) is 12.5 Å². The summed E-state index contributed by atoms with van der Waals surface area (Å²) in [6.45, 7) is 8.87. The lowest BCUT2D eigenvalue weighted by atomic mass is 9.68. The number of carbonyl (C=O) groups is 2. The maximum atomic E-state index is 12.8. The maximum absolute atomic E-state index is 12.8. The second-order valence-corrected chi connectivity index (χ2v) is 10.9. The smallest absolute Gasteiger partial charge is 0.308 e. The summed E-state index contributed by atoms with van der Waals surface area (Å²) in [6.07, 6.45) is 8.77. The molecule has 0 radical (unpaired) electrons. The first-order valence-corrected chi connectivity index (χ1v) is 14.3. The molecule has 0 aliphatic rings. The van der Waals surface area contributed by atoms with E-state index in [1.54, 1.807) is 0 Å². The van der Waals surface area contributed by atoms with Gasteiger partial charge in [-0.1, -0.05) is 120 Å². The zero-order valence-electron chi connectivity index (χ0n) is 23.4. The molecule has 0 N–H and O–H groups in total. The Labute approximate surface area is 224 Å². The molecule has 0 saturated carbocycles. The van der Waals surface area contributed by atoms with Gasteiger partial charge < -0.3 is 14.6 Å². The van der Waals surface area contributed by atoms with E-state index in [1.165, 1.54) is 24.8 Å². The van der Waals surface area contributed by atoms with Crippen molar-refractivity contribution in [2.24, 2.45) is 11.8 Å². The second-order valence-electron chi connectivity index (χ2n) is 10.9. The third-order valence-corrected chi connectivity index (χ3v) is 7.76. The second kappa shape index (κ2) is 16.3. The summed E-state index contributed by atoms with van der Waals surface area (Å²) in [4.78, 5) is 25.2. The SMILES string of the molecule is CCCCCCCCOC(=O)C(CC)CC(CC(C)(CC(C)c1ccccc1)c1ccccc1)C(=O)[O-]. The minimum atomic E-state index is -1.09. The Morgan fingerprint density at radius 2 is 1.43 bits per heavy atom. The zero-order chi connectivity index (χ0) is 27.1. The molecule has 4 atom stereocenters. The number of carbonyl (C=O) groups excluding carboxylic acids is 2. The summed E-state index contributed by atoms with van der Waals surface area (Å²) in [7, 11) is 0. The van der Waals surface area contributed by atoms with E-state index in [9.17, 15) is 14.7 Å². The molecule has 0 bridgehead atoms. The normalized spacial score (nSPS) is 15.4. The van der Waals surface area contributed by atoms with Crippen molar-refractivity contribution in [1.29, 1.82) is 0 Å². The van der Waals surface area contributed by atoms with Gasteiger partial charge in [0.2, 0.25) is 0 Å². The minimum Gasteiger partial charge on any atom is -0.550 e. The van der Waals surface area contributed by atoms with Crippen molar-refractivity contribution in [3.8, 4) is 0 Å². The Kier molecular flexibility index (Phi) is 13.5. The van der Waals surface area contributed by atoms with E-state index in [1.807, 2.05) is 43.3 Å². The van der Waals surface area contributed by atoms with Crippen LogP contribution in [0.2, 0.25) is 0 Å². The van der Waals surface area contributed by atoms with E-state index in [0.717, 1.165) is 31.2 Å². The molecule has 0 aromatic heterocycles. The number of unbranched alkanes of at least 4 members (excludes halogenated alkanes) is 5. The molecule has 4 unspecified atom stereocenters. The van der Waals surface area contributed by atoms with Crippen LogP contribution in [0.1, 0.15) is 109 Å². The molecule has 0 spiro atoms. The summed E-state index contributed by atoms with van der Waals surface area (Å²) in [5.74, 6) is -2.29. The third kappa shape index (κ3) is 10.3. The molecule has 0 fully saturated rings. The van der Waals surface area contributed by atoms with E-state index < -0.39 is 17.8 Å². The highest BCUT2D eigenvalue weighted by molar-refractivity contribution is 5.74. The van der Waals surface area contributed by atoms with Gasteiger partial charge >= 0.3 is 5.97 Å². The average Bonchev–Trinajstić information content (AvgIpc) is 2.91. The fourth-order valence-electron chi connectivity index (χ4n) is 5.49. The summed E-state index contributed by atoms with van der Waals surface area (Å²) in [5, 5.41) is 12.4. The van der Waals surface area contributed by atoms with Crippen LogP contribution in [0.5, 0.6) is 0 Å². The van der Waals surface area contributed by atoms with E-state index >= 15 is 0 Å². The van der Waals surface area contributed by atoms with Gasteiger partial charge in [-0.15, -0.1) is 0 Å². The predicted octanol–water partition coefficient (Wildman–Crippen LogP) is 7.21. The van der Waals surface area contributed by atoms with Gasteiger partial charge in [-0.3, -0.25) is 4.79 Å². The number of benzene rings is 2. The van der Waals surface area contributed by atoms with Crippen molar-refractivity contribution in [2.75, 3.05) is 6.61 Å². The number of aliphatic carboxylic acids is 1. The van der Waals surface area contributed by atoms with Crippen LogP contribution >= 0.6 is 0 Å². The van der Waals surface area contributed by atoms with Crippen LogP contribution < -0.4 is 5.11 Å². The van der Waals surface area contributed by atoms with Gasteiger partial charge in [-0.25, -0.2) is 0 Å². The first-order valence-electron chi connectivity index (χ1n) is 14.3. The molecule has 2 aromatic carbocycles. The van der Waals surface area contributed by atoms with Crippen LogP contribution in [0.15, 0.2) is 60.7 Å². The van der Waals surface area contributed by atoms with Gasteiger partial charge in [0.1, 0.15) is 0 Å². The van der Waals surface area contributed by atoms with Gasteiger partial charge in [0.15, 0.2) is 0 Å². The summed E-state index contributed by atoms with van der Waals surface area (Å²) in [6, 6.07) is 20.5. The summed E-state index contributed by atoms with van der Waals surface area (Å²) in [5.41, 5.74) is 1.96. The molecule has 0 amide bonds. The Hall–Kier alpha value is -2.62. The van der Waals surface area contributed by atoms with Crippen molar-refractivity contribution in [1.82, 2.24) is 0 Å². The Balaban J connectivity index is 2.09. The van der Waals surface area contributed by atoms with Crippen LogP contribution in [0.25, 0.3) is 0 Å². The molecule has 204 valence electrons. The van der Waals surface area contributed by atoms with Crippen LogP contribution in [0.3, 0.4) is 0 Å². The maximum Gasteiger partial charge on any atom is 0.308 e. The molecule has 0 saturated heterocycles. The highest BCUT2D eigenvalue weighted by atomic mass is 16.5. The molecule has 2 aromatic rings. The quantitative estimate of drug-likeness (QED) is 0.158. The van der Waals surface area contributed by atoms with Gasteiger partial charge in [0.25, 0.3) is 0 Å². The molecule has 2 rings (SSSR count). The fraction of sp³-hybridized carbons (Fsp3) is 0.576. The third-order valence-electron chi connectivity index (χ3n) is 7.76. The number of esters is 1. The number of hydrogen-bond acceptors (Lipinski definition) is 4. The van der Waals surface area contributed by atoms with Crippen molar-refractivity contribution in [3.63, 3.8) is 0 Å². The lowest BCUT2D eigenvalue weighted by Crippen LogP contribution is -2.39. The standard InChI is InChI=1S/C33H48O4/c1-5-7-8-9-10-17-22-37-32(36)27(6-2)23-29(31(34)35)25-33(4,30-20-15-12-16-21-30)24-26(3)28-18-13-11-14-19-28/h11-16,18-21,26-27,29H,5-10,17,22-25H2,1-4H3,(H,34,35)/p-1. The average molecular weight is 508 g/mol. The Bertz CT molecular complexity index is 910. The van der Waals surface area contributed by atoms with Gasteiger partial charge in [0, 0.05) is 11.9 Å². The van der Waals surface area contributed by atoms with Crippen molar-refractivity contribution in [2.45, 2.75) is 103 Å². The largest absolute Gasteiger partial charge is 0.550 e.